The van der Waals surface area contributed by atoms with E-state index in [1.807, 2.05) is 45.3 Å². The number of hydrogen-bond acceptors (Lipinski definition) is 7. The maximum absolute atomic E-state index is 2.61. The van der Waals surface area contributed by atoms with E-state index in [1.165, 1.54) is 105 Å². The van der Waals surface area contributed by atoms with Crippen LogP contribution in [-0.2, 0) is 5.41 Å². The van der Waals surface area contributed by atoms with Gasteiger partial charge in [-0.15, -0.1) is 45.3 Å². The summed E-state index contributed by atoms with van der Waals surface area (Å²) in [6, 6.07) is 96.7. The highest BCUT2D eigenvalue weighted by Gasteiger charge is 2.55. The van der Waals surface area contributed by atoms with Gasteiger partial charge in [0.15, 0.2) is 0 Å². The monoisotopic (exact) mass is 1040 g/mol. The highest BCUT2D eigenvalue weighted by atomic mass is 32.1. The SMILES string of the molecule is c1ccc(N(c2ccccc2)c2cc3c(s2)-c2sc(N(c4ccccc4)c4ccccc4)cc2C32c3ccccc3N(c3cccc(-c4cccc5c4sc4ccccc45)c3)c3c2ccc2c3sc3ccccc32)cc1. The summed E-state index contributed by atoms with van der Waals surface area (Å²) in [5, 5.41) is 7.54. The van der Waals surface area contributed by atoms with Gasteiger partial charge >= 0.3 is 0 Å². The molecule has 76 heavy (non-hydrogen) atoms. The minimum Gasteiger partial charge on any atom is -0.308 e. The van der Waals surface area contributed by atoms with Crippen molar-refractivity contribution in [2.24, 2.45) is 0 Å². The van der Waals surface area contributed by atoms with Gasteiger partial charge in [-0.2, -0.15) is 0 Å². The molecule has 1 aliphatic carbocycles. The summed E-state index contributed by atoms with van der Waals surface area (Å²) in [4.78, 5) is 10.1. The topological polar surface area (TPSA) is 9.72 Å². The third kappa shape index (κ3) is 6.44. The minimum absolute atomic E-state index is 0.695. The normalized spacial score (nSPS) is 13.1. The molecule has 3 nitrogen and oxygen atoms in total. The zero-order valence-electron chi connectivity index (χ0n) is 40.8. The first-order valence-electron chi connectivity index (χ1n) is 25.7. The summed E-state index contributed by atoms with van der Waals surface area (Å²) in [6.07, 6.45) is 0. The van der Waals surface area contributed by atoms with Crippen molar-refractivity contribution in [2.75, 3.05) is 14.7 Å². The van der Waals surface area contributed by atoms with E-state index in [2.05, 4.69) is 276 Å². The van der Waals surface area contributed by atoms with Gasteiger partial charge in [0.1, 0.15) is 10.0 Å². The lowest BCUT2D eigenvalue weighted by atomic mass is 9.65. The smallest absolute Gasteiger partial charge is 0.101 e. The summed E-state index contributed by atoms with van der Waals surface area (Å²) < 4.78 is 5.21. The lowest BCUT2D eigenvalue weighted by Gasteiger charge is -2.44. The maximum atomic E-state index is 2.61. The van der Waals surface area contributed by atoms with Crippen LogP contribution in [0.5, 0.6) is 0 Å². The third-order valence-corrected chi connectivity index (χ3v) is 20.3. The molecule has 2 aliphatic rings. The van der Waals surface area contributed by atoms with Gasteiger partial charge in [-0.1, -0.05) is 170 Å². The Morgan fingerprint density at radius 1 is 0.329 bits per heavy atom. The lowest BCUT2D eigenvalue weighted by molar-refractivity contribution is 0.758. The summed E-state index contributed by atoms with van der Waals surface area (Å²) in [7, 11) is 0. The Morgan fingerprint density at radius 3 is 1.38 bits per heavy atom. The standard InChI is InChI=1S/C69H43N3S4/c1-5-22-45(23-6-1)70(46-24-7-2-8-25-46)62-42-57-67(75-62)68-58(43-63(76-68)71(47-26-9-3-10-27-47)48-28-11-4-12-29-48)69(57)55-35-15-16-36-59(55)72(64-56(69)40-39-54-52-32-14-18-38-61(52)74-66(54)64)49-30-19-21-44(41-49)50-33-20-34-53-51-31-13-17-37-60(51)73-65(50)53/h1-43H. The average Bonchev–Trinajstić information content (AvgIpc) is 4.39. The van der Waals surface area contributed by atoms with Crippen molar-refractivity contribution in [3.63, 3.8) is 0 Å². The lowest BCUT2D eigenvalue weighted by Crippen LogP contribution is -2.36. The first-order chi connectivity index (χ1) is 37.7. The second kappa shape index (κ2) is 17.2. The second-order valence-electron chi connectivity index (χ2n) is 19.5. The minimum atomic E-state index is -0.695. The maximum Gasteiger partial charge on any atom is 0.101 e. The van der Waals surface area contributed by atoms with Gasteiger partial charge < -0.3 is 14.7 Å². The Bertz CT molecular complexity index is 4350. The van der Waals surface area contributed by atoms with Gasteiger partial charge in [0.25, 0.3) is 0 Å². The molecule has 0 bridgehead atoms. The van der Waals surface area contributed by atoms with E-state index < -0.39 is 5.41 Å². The predicted octanol–water partition coefficient (Wildman–Crippen LogP) is 21.3. The van der Waals surface area contributed by atoms with Crippen LogP contribution in [0.1, 0.15) is 22.3 Å². The van der Waals surface area contributed by atoms with Crippen LogP contribution < -0.4 is 14.7 Å². The summed E-state index contributed by atoms with van der Waals surface area (Å²) >= 11 is 7.63. The molecule has 0 saturated carbocycles. The Kier molecular flexibility index (Phi) is 9.94. The highest BCUT2D eigenvalue weighted by Crippen LogP contribution is 2.69. The molecular weight excluding hydrogens is 999 g/mol. The second-order valence-corrected chi connectivity index (χ2v) is 23.7. The van der Waals surface area contributed by atoms with E-state index in [-0.39, 0.29) is 0 Å². The van der Waals surface area contributed by atoms with Crippen molar-refractivity contribution < 1.29 is 0 Å². The van der Waals surface area contributed by atoms with Crippen LogP contribution in [0.4, 0.5) is 49.8 Å². The molecule has 0 fully saturated rings. The quantitative estimate of drug-likeness (QED) is 0.150. The van der Waals surface area contributed by atoms with E-state index in [1.54, 1.807) is 0 Å². The molecule has 0 atom stereocenters. The fourth-order valence-corrected chi connectivity index (χ4v) is 17.5. The summed E-state index contributed by atoms with van der Waals surface area (Å²) in [5.74, 6) is 0. The molecule has 4 aromatic heterocycles. The molecular formula is C69H43N3S4. The Labute approximate surface area is 456 Å². The van der Waals surface area contributed by atoms with Gasteiger partial charge in [0, 0.05) is 64.1 Å². The number of benzene rings is 10. The number of fused-ring (bicyclic) bond motifs is 16. The van der Waals surface area contributed by atoms with Crippen LogP contribution in [0.2, 0.25) is 0 Å². The fraction of sp³-hybridized carbons (Fsp3) is 0.0145. The van der Waals surface area contributed by atoms with Gasteiger partial charge in [-0.05, 0) is 124 Å². The largest absolute Gasteiger partial charge is 0.308 e. The fourth-order valence-electron chi connectivity index (χ4n) is 12.3. The van der Waals surface area contributed by atoms with Crippen LogP contribution in [0.3, 0.4) is 0 Å². The van der Waals surface area contributed by atoms with E-state index >= 15 is 0 Å². The molecule has 0 unspecified atom stereocenters. The van der Waals surface area contributed by atoms with E-state index in [9.17, 15) is 0 Å². The molecule has 1 spiro atoms. The van der Waals surface area contributed by atoms with Crippen LogP contribution in [-0.4, -0.2) is 0 Å². The molecule has 10 aromatic carbocycles. The van der Waals surface area contributed by atoms with Gasteiger partial charge in [-0.3, -0.25) is 0 Å². The van der Waals surface area contributed by atoms with Gasteiger partial charge in [0.2, 0.25) is 0 Å². The predicted molar refractivity (Wildman–Crippen MR) is 328 cm³/mol. The van der Waals surface area contributed by atoms with E-state index in [4.69, 9.17) is 0 Å². The summed E-state index contributed by atoms with van der Waals surface area (Å²) in [6.45, 7) is 0. The molecule has 7 heteroatoms. The first kappa shape index (κ1) is 43.8. The van der Waals surface area contributed by atoms with Crippen LogP contribution in [0.15, 0.2) is 261 Å². The first-order valence-corrected chi connectivity index (χ1v) is 28.9. The van der Waals surface area contributed by atoms with Crippen LogP contribution in [0.25, 0.3) is 61.2 Å². The zero-order chi connectivity index (χ0) is 49.9. The van der Waals surface area contributed by atoms with Crippen molar-refractivity contribution in [1.29, 1.82) is 0 Å². The Hall–Kier alpha value is -8.56. The van der Waals surface area contributed by atoms with Crippen molar-refractivity contribution >= 4 is 136 Å². The van der Waals surface area contributed by atoms with E-state index in [0.29, 0.717) is 0 Å². The number of thiophene rings is 4. The summed E-state index contributed by atoms with van der Waals surface area (Å²) in [5.41, 5.74) is 15.0. The number of hydrogen-bond donors (Lipinski definition) is 0. The molecule has 5 heterocycles. The molecule has 0 amide bonds. The molecule has 0 radical (unpaired) electrons. The van der Waals surface area contributed by atoms with Gasteiger partial charge in [-0.25, -0.2) is 0 Å². The van der Waals surface area contributed by atoms with Crippen molar-refractivity contribution in [3.8, 4) is 20.9 Å². The van der Waals surface area contributed by atoms with Gasteiger partial charge in [0.05, 0.1) is 31.2 Å². The van der Waals surface area contributed by atoms with E-state index in [0.717, 1.165) is 28.4 Å². The van der Waals surface area contributed by atoms with Crippen LogP contribution >= 0.6 is 45.3 Å². The van der Waals surface area contributed by atoms with Crippen molar-refractivity contribution in [3.05, 3.63) is 283 Å². The highest BCUT2D eigenvalue weighted by molar-refractivity contribution is 7.27. The average molecular weight is 1040 g/mol. The molecule has 1 aliphatic heterocycles. The molecule has 14 aromatic rings. The number of nitrogens with zero attached hydrogens (tertiary/aromatic N) is 3. The molecule has 16 rings (SSSR count). The Balaban J connectivity index is 1.000. The number of rotatable bonds is 8. The van der Waals surface area contributed by atoms with Crippen LogP contribution in [0, 0.1) is 0 Å². The molecule has 0 saturated heterocycles. The molecule has 358 valence electrons. The number of para-hydroxylation sites is 5. The zero-order valence-corrected chi connectivity index (χ0v) is 44.1. The Morgan fingerprint density at radius 2 is 0.803 bits per heavy atom. The van der Waals surface area contributed by atoms with Crippen molar-refractivity contribution in [1.82, 2.24) is 0 Å². The molecule has 0 N–H and O–H groups in total. The number of anilines is 9. The third-order valence-electron chi connectivity index (χ3n) is 15.5. The van der Waals surface area contributed by atoms with Crippen molar-refractivity contribution in [2.45, 2.75) is 5.41 Å².